The predicted octanol–water partition coefficient (Wildman–Crippen LogP) is 3.41. The van der Waals surface area contributed by atoms with E-state index in [0.29, 0.717) is 6.04 Å². The van der Waals surface area contributed by atoms with Crippen LogP contribution in [0.4, 0.5) is 5.69 Å². The monoisotopic (exact) mass is 294 g/mol. The van der Waals surface area contributed by atoms with Crippen LogP contribution in [0.3, 0.4) is 0 Å². The summed E-state index contributed by atoms with van der Waals surface area (Å²) in [5.74, 6) is 0. The molecule has 1 saturated carbocycles. The van der Waals surface area contributed by atoms with Crippen molar-refractivity contribution in [2.75, 3.05) is 18.4 Å². The van der Waals surface area contributed by atoms with E-state index >= 15 is 0 Å². The molecule has 0 aromatic heterocycles. The molecule has 17 heavy (non-hydrogen) atoms. The summed E-state index contributed by atoms with van der Waals surface area (Å²) in [6.45, 7) is 4.66. The standard InChI is InChI=1S/C14H19BrN2/c1-10-13(15)3-2-4-14(10)16-11-7-8-17(9-11)12-5-6-12/h2-4,11-12,16H,5-9H2,1H3. The molecule has 3 rings (SSSR count). The first-order valence-electron chi connectivity index (χ1n) is 6.50. The molecule has 0 bridgehead atoms. The normalized spacial score (nSPS) is 25.2. The first-order chi connectivity index (χ1) is 8.24. The maximum atomic E-state index is 3.69. The number of nitrogens with one attached hydrogen (secondary N) is 1. The van der Waals surface area contributed by atoms with Crippen molar-refractivity contribution in [3.8, 4) is 0 Å². The molecule has 1 aromatic carbocycles. The van der Waals surface area contributed by atoms with Gasteiger partial charge in [0.1, 0.15) is 0 Å². The summed E-state index contributed by atoms with van der Waals surface area (Å²) in [5.41, 5.74) is 2.60. The fraction of sp³-hybridized carbons (Fsp3) is 0.571. The van der Waals surface area contributed by atoms with Gasteiger partial charge in [-0.1, -0.05) is 22.0 Å². The number of likely N-dealkylation sites (tertiary alicyclic amines) is 1. The zero-order chi connectivity index (χ0) is 11.8. The third-order valence-corrected chi connectivity index (χ3v) is 4.77. The van der Waals surface area contributed by atoms with Crippen molar-refractivity contribution in [1.29, 1.82) is 0 Å². The number of benzene rings is 1. The lowest BCUT2D eigenvalue weighted by Gasteiger charge is -2.18. The van der Waals surface area contributed by atoms with Crippen molar-refractivity contribution in [3.05, 3.63) is 28.2 Å². The van der Waals surface area contributed by atoms with Crippen LogP contribution in [0.1, 0.15) is 24.8 Å². The minimum atomic E-state index is 0.628. The van der Waals surface area contributed by atoms with Gasteiger partial charge in [-0.15, -0.1) is 0 Å². The molecular formula is C14H19BrN2. The minimum Gasteiger partial charge on any atom is -0.381 e. The number of nitrogens with zero attached hydrogens (tertiary/aromatic N) is 1. The first kappa shape index (κ1) is 11.5. The van der Waals surface area contributed by atoms with Crippen LogP contribution < -0.4 is 5.32 Å². The second-order valence-electron chi connectivity index (χ2n) is 5.27. The quantitative estimate of drug-likeness (QED) is 0.919. The Morgan fingerprint density at radius 1 is 1.29 bits per heavy atom. The molecular weight excluding hydrogens is 276 g/mol. The van der Waals surface area contributed by atoms with Gasteiger partial charge in [-0.05, 0) is 43.9 Å². The van der Waals surface area contributed by atoms with Crippen LogP contribution in [0, 0.1) is 6.92 Å². The number of halogens is 1. The molecule has 1 N–H and O–H groups in total. The Labute approximate surface area is 112 Å². The minimum absolute atomic E-state index is 0.628. The van der Waals surface area contributed by atoms with E-state index < -0.39 is 0 Å². The molecule has 1 saturated heterocycles. The molecule has 0 radical (unpaired) electrons. The maximum absolute atomic E-state index is 3.69. The third kappa shape index (κ3) is 2.50. The highest BCUT2D eigenvalue weighted by Crippen LogP contribution is 2.31. The van der Waals surface area contributed by atoms with Gasteiger partial charge >= 0.3 is 0 Å². The van der Waals surface area contributed by atoms with Crippen LogP contribution in [0.25, 0.3) is 0 Å². The Kier molecular flexibility index (Phi) is 3.14. The van der Waals surface area contributed by atoms with Gasteiger partial charge < -0.3 is 5.32 Å². The molecule has 1 aliphatic heterocycles. The van der Waals surface area contributed by atoms with E-state index in [1.165, 1.54) is 48.1 Å². The summed E-state index contributed by atoms with van der Waals surface area (Å²) in [4.78, 5) is 2.64. The van der Waals surface area contributed by atoms with E-state index in [0.717, 1.165) is 6.04 Å². The van der Waals surface area contributed by atoms with Crippen molar-refractivity contribution in [1.82, 2.24) is 4.90 Å². The van der Waals surface area contributed by atoms with Crippen molar-refractivity contribution >= 4 is 21.6 Å². The largest absolute Gasteiger partial charge is 0.381 e. The highest BCUT2D eigenvalue weighted by atomic mass is 79.9. The van der Waals surface area contributed by atoms with Crippen LogP contribution in [0.2, 0.25) is 0 Å². The van der Waals surface area contributed by atoms with Gasteiger partial charge in [0.05, 0.1) is 0 Å². The van der Waals surface area contributed by atoms with Gasteiger partial charge in [0, 0.05) is 35.3 Å². The van der Waals surface area contributed by atoms with Gasteiger partial charge in [-0.2, -0.15) is 0 Å². The Morgan fingerprint density at radius 2 is 2.12 bits per heavy atom. The molecule has 0 spiro atoms. The molecule has 1 aromatic rings. The van der Waals surface area contributed by atoms with Crippen LogP contribution in [-0.2, 0) is 0 Å². The SMILES string of the molecule is Cc1c(Br)cccc1NC1CCN(C2CC2)C1. The molecule has 2 nitrogen and oxygen atoms in total. The molecule has 1 atom stereocenters. The second-order valence-corrected chi connectivity index (χ2v) is 6.12. The molecule has 0 amide bonds. The van der Waals surface area contributed by atoms with Crippen LogP contribution in [0.15, 0.2) is 22.7 Å². The van der Waals surface area contributed by atoms with Crippen LogP contribution in [-0.4, -0.2) is 30.1 Å². The summed E-state index contributed by atoms with van der Waals surface area (Å²) in [6, 6.07) is 7.92. The third-order valence-electron chi connectivity index (χ3n) is 3.91. The molecule has 3 heteroatoms. The summed E-state index contributed by atoms with van der Waals surface area (Å²) >= 11 is 3.59. The van der Waals surface area contributed by atoms with Gasteiger partial charge in [0.25, 0.3) is 0 Å². The zero-order valence-corrected chi connectivity index (χ0v) is 11.8. The summed E-state index contributed by atoms with van der Waals surface area (Å²) in [6.07, 6.45) is 4.12. The van der Waals surface area contributed by atoms with E-state index in [9.17, 15) is 0 Å². The summed E-state index contributed by atoms with van der Waals surface area (Å²) < 4.78 is 1.19. The molecule has 2 fully saturated rings. The molecule has 1 aliphatic carbocycles. The van der Waals surface area contributed by atoms with Gasteiger partial charge in [0.2, 0.25) is 0 Å². The predicted molar refractivity (Wildman–Crippen MR) is 75.5 cm³/mol. The number of anilines is 1. The van der Waals surface area contributed by atoms with Crippen molar-refractivity contribution < 1.29 is 0 Å². The maximum Gasteiger partial charge on any atom is 0.0400 e. The topological polar surface area (TPSA) is 15.3 Å². The van der Waals surface area contributed by atoms with Gasteiger partial charge in [0.15, 0.2) is 0 Å². The Bertz CT molecular complexity index is 415. The number of hydrogen-bond donors (Lipinski definition) is 1. The van der Waals surface area contributed by atoms with Crippen LogP contribution in [0.5, 0.6) is 0 Å². The highest BCUT2D eigenvalue weighted by molar-refractivity contribution is 9.10. The molecule has 1 unspecified atom stereocenters. The first-order valence-corrected chi connectivity index (χ1v) is 7.29. The molecule has 92 valence electrons. The molecule has 2 aliphatic rings. The van der Waals surface area contributed by atoms with Crippen molar-refractivity contribution in [2.24, 2.45) is 0 Å². The number of rotatable bonds is 3. The smallest absolute Gasteiger partial charge is 0.0400 e. The lowest BCUT2D eigenvalue weighted by atomic mass is 10.1. The van der Waals surface area contributed by atoms with Gasteiger partial charge in [-0.25, -0.2) is 0 Å². The Balaban J connectivity index is 1.65. The van der Waals surface area contributed by atoms with E-state index in [2.05, 4.69) is 51.3 Å². The zero-order valence-electron chi connectivity index (χ0n) is 10.2. The van der Waals surface area contributed by atoms with Gasteiger partial charge in [-0.3, -0.25) is 4.90 Å². The van der Waals surface area contributed by atoms with Crippen molar-refractivity contribution in [2.45, 2.75) is 38.3 Å². The fourth-order valence-electron chi connectivity index (χ4n) is 2.66. The Hall–Kier alpha value is -0.540. The lowest BCUT2D eigenvalue weighted by Crippen LogP contribution is -2.27. The average Bonchev–Trinajstić information content (AvgIpc) is 3.06. The number of hydrogen-bond acceptors (Lipinski definition) is 2. The Morgan fingerprint density at radius 3 is 2.88 bits per heavy atom. The van der Waals surface area contributed by atoms with E-state index in [1.54, 1.807) is 0 Å². The van der Waals surface area contributed by atoms with Crippen LogP contribution >= 0.6 is 15.9 Å². The lowest BCUT2D eigenvalue weighted by molar-refractivity contribution is 0.326. The molecule has 1 heterocycles. The average molecular weight is 295 g/mol. The fourth-order valence-corrected chi connectivity index (χ4v) is 3.03. The second kappa shape index (κ2) is 4.62. The van der Waals surface area contributed by atoms with E-state index in [-0.39, 0.29) is 0 Å². The summed E-state index contributed by atoms with van der Waals surface area (Å²) in [5, 5.41) is 3.69. The van der Waals surface area contributed by atoms with E-state index in [1.807, 2.05) is 0 Å². The summed E-state index contributed by atoms with van der Waals surface area (Å²) in [7, 11) is 0. The van der Waals surface area contributed by atoms with E-state index in [4.69, 9.17) is 0 Å². The van der Waals surface area contributed by atoms with Crippen molar-refractivity contribution in [3.63, 3.8) is 0 Å². The highest BCUT2D eigenvalue weighted by Gasteiger charge is 2.34.